The predicted octanol–water partition coefficient (Wildman–Crippen LogP) is -2.35. The normalized spacial score (nSPS) is 14.1. The van der Waals surface area contributed by atoms with Gasteiger partial charge in [0.05, 0.1) is 12.4 Å². The van der Waals surface area contributed by atoms with Crippen LogP contribution in [0.4, 0.5) is 0 Å². The molecule has 0 aromatic carbocycles. The molecule has 1 heterocycles. The molecule has 0 spiro atoms. The molecule has 0 aliphatic heterocycles. The molecule has 196 valence electrons. The van der Waals surface area contributed by atoms with Gasteiger partial charge in [0, 0.05) is 24.9 Å². The molecule has 3 amide bonds. The number of nitrogens with one attached hydrogen (secondary N) is 4. The van der Waals surface area contributed by atoms with Gasteiger partial charge in [0.1, 0.15) is 18.1 Å². The number of aromatic amines is 1. The number of carboxylic acid groups (broad SMARTS) is 1. The maximum Gasteiger partial charge on any atom is 0.326 e. The summed E-state index contributed by atoms with van der Waals surface area (Å²) in [4.78, 5) is 59.9. The van der Waals surface area contributed by atoms with Crippen LogP contribution in [-0.4, -0.2) is 87.4 Å². The van der Waals surface area contributed by atoms with Gasteiger partial charge in [0.15, 0.2) is 5.96 Å². The van der Waals surface area contributed by atoms with Gasteiger partial charge in [-0.15, -0.1) is 0 Å². The summed E-state index contributed by atoms with van der Waals surface area (Å²) in [7, 11) is 0. The molecule has 0 bridgehead atoms. The summed E-state index contributed by atoms with van der Waals surface area (Å²) >= 11 is 1.55. The van der Waals surface area contributed by atoms with E-state index in [0.29, 0.717) is 24.3 Å². The second-order valence-electron chi connectivity index (χ2n) is 7.81. The lowest BCUT2D eigenvalue weighted by Gasteiger charge is -2.23. The van der Waals surface area contributed by atoms with E-state index in [-0.39, 0.29) is 25.3 Å². The lowest BCUT2D eigenvalue weighted by molar-refractivity contribution is -0.142. The number of guanidine groups is 1. The smallest absolute Gasteiger partial charge is 0.326 e. The van der Waals surface area contributed by atoms with Gasteiger partial charge in [-0.2, -0.15) is 11.8 Å². The number of carbonyl (C=O) groups is 4. The quantitative estimate of drug-likeness (QED) is 0.0664. The molecule has 0 aliphatic carbocycles. The summed E-state index contributed by atoms with van der Waals surface area (Å²) in [6.07, 6.45) is 5.60. The summed E-state index contributed by atoms with van der Waals surface area (Å²) in [6.45, 7) is 1.66. The molecule has 0 aliphatic rings. The predicted molar refractivity (Wildman–Crippen MR) is 132 cm³/mol. The summed E-state index contributed by atoms with van der Waals surface area (Å²) in [5.41, 5.74) is 17.0. The Labute approximate surface area is 207 Å². The van der Waals surface area contributed by atoms with Crippen LogP contribution in [0, 0.1) is 0 Å². The largest absolute Gasteiger partial charge is 0.480 e. The average Bonchev–Trinajstić information content (AvgIpc) is 3.31. The van der Waals surface area contributed by atoms with E-state index >= 15 is 0 Å². The molecule has 14 nitrogen and oxygen atoms in total. The van der Waals surface area contributed by atoms with Crippen molar-refractivity contribution in [2.45, 2.75) is 56.8 Å². The average molecular weight is 514 g/mol. The topological polar surface area (TPSA) is 244 Å². The van der Waals surface area contributed by atoms with Gasteiger partial charge in [-0.25, -0.2) is 9.78 Å². The first-order valence-electron chi connectivity index (χ1n) is 11.0. The fourth-order valence-corrected chi connectivity index (χ4v) is 3.41. The van der Waals surface area contributed by atoms with E-state index < -0.39 is 47.9 Å². The Balaban J connectivity index is 2.84. The van der Waals surface area contributed by atoms with Crippen molar-refractivity contribution >= 4 is 41.4 Å². The van der Waals surface area contributed by atoms with Crippen molar-refractivity contribution in [3.05, 3.63) is 18.2 Å². The lowest BCUT2D eigenvalue weighted by Crippen LogP contribution is -2.56. The molecule has 1 aromatic rings. The molecule has 0 saturated carbocycles. The Hall–Kier alpha value is -3.33. The number of carbonyl (C=O) groups excluding carboxylic acids is 3. The van der Waals surface area contributed by atoms with Crippen LogP contribution < -0.4 is 33.2 Å². The van der Waals surface area contributed by atoms with Crippen molar-refractivity contribution < 1.29 is 24.3 Å². The number of carboxylic acids is 1. The van der Waals surface area contributed by atoms with Gasteiger partial charge in [0.2, 0.25) is 17.7 Å². The molecule has 0 radical (unpaired) electrons. The molecular formula is C20H35N9O5S. The number of rotatable bonds is 16. The van der Waals surface area contributed by atoms with Crippen LogP contribution in [0.1, 0.15) is 31.9 Å². The minimum atomic E-state index is -1.26. The van der Waals surface area contributed by atoms with Crippen molar-refractivity contribution in [1.82, 2.24) is 25.9 Å². The number of nitrogens with zero attached hydrogens (tertiary/aromatic N) is 2. The number of hydrogen-bond acceptors (Lipinski definition) is 8. The number of amides is 3. The fraction of sp³-hybridized carbons (Fsp3) is 0.600. The van der Waals surface area contributed by atoms with Crippen LogP contribution >= 0.6 is 11.8 Å². The van der Waals surface area contributed by atoms with Crippen molar-refractivity contribution in [3.8, 4) is 0 Å². The number of imidazole rings is 1. The molecule has 35 heavy (non-hydrogen) atoms. The highest BCUT2D eigenvalue weighted by Crippen LogP contribution is 2.04. The van der Waals surface area contributed by atoms with Crippen LogP contribution in [0.2, 0.25) is 0 Å². The molecule has 4 atom stereocenters. The monoisotopic (exact) mass is 513 g/mol. The minimum absolute atomic E-state index is 0.0316. The summed E-state index contributed by atoms with van der Waals surface area (Å²) in [6, 6.07) is -4.09. The number of aliphatic carboxylic acids is 1. The van der Waals surface area contributed by atoms with E-state index in [4.69, 9.17) is 17.2 Å². The zero-order chi connectivity index (χ0) is 26.4. The van der Waals surface area contributed by atoms with E-state index in [1.54, 1.807) is 11.8 Å². The first-order valence-corrected chi connectivity index (χ1v) is 12.4. The second-order valence-corrected chi connectivity index (χ2v) is 8.79. The molecule has 4 unspecified atom stereocenters. The molecule has 1 aromatic heterocycles. The van der Waals surface area contributed by atoms with E-state index in [1.165, 1.54) is 19.4 Å². The van der Waals surface area contributed by atoms with E-state index in [0.717, 1.165) is 0 Å². The number of nitrogens with two attached hydrogens (primary N) is 3. The number of aliphatic imine (C=N–C) groups is 1. The van der Waals surface area contributed by atoms with E-state index in [9.17, 15) is 24.3 Å². The van der Waals surface area contributed by atoms with Crippen LogP contribution in [-0.2, 0) is 25.6 Å². The lowest BCUT2D eigenvalue weighted by atomic mass is 10.1. The Kier molecular flexibility index (Phi) is 13.2. The maximum absolute atomic E-state index is 12.9. The number of thioether (sulfide) groups is 1. The Morgan fingerprint density at radius 3 is 2.37 bits per heavy atom. The van der Waals surface area contributed by atoms with Crippen LogP contribution in [0.5, 0.6) is 0 Å². The third-order valence-corrected chi connectivity index (χ3v) is 5.54. The highest BCUT2D eigenvalue weighted by molar-refractivity contribution is 7.98. The zero-order valence-corrected chi connectivity index (χ0v) is 20.6. The van der Waals surface area contributed by atoms with Crippen molar-refractivity contribution in [1.29, 1.82) is 0 Å². The molecule has 0 saturated heterocycles. The van der Waals surface area contributed by atoms with Crippen LogP contribution in [0.3, 0.4) is 0 Å². The molecular weight excluding hydrogens is 478 g/mol. The number of aromatic nitrogens is 2. The van der Waals surface area contributed by atoms with Crippen molar-refractivity contribution in [2.24, 2.45) is 22.2 Å². The van der Waals surface area contributed by atoms with Gasteiger partial charge in [-0.1, -0.05) is 0 Å². The Morgan fingerprint density at radius 1 is 1.11 bits per heavy atom. The summed E-state index contributed by atoms with van der Waals surface area (Å²) < 4.78 is 0. The third-order valence-electron chi connectivity index (χ3n) is 4.89. The first-order chi connectivity index (χ1) is 16.5. The van der Waals surface area contributed by atoms with Crippen molar-refractivity contribution in [2.75, 3.05) is 18.6 Å². The Bertz CT molecular complexity index is 861. The SMILES string of the molecule is CSCCC(N)C(=O)NC(C)C(=O)NC(CCCN=C(N)N)C(=O)NC(Cc1cnc[nH]1)C(=O)O. The van der Waals surface area contributed by atoms with Gasteiger partial charge in [0.25, 0.3) is 0 Å². The summed E-state index contributed by atoms with van der Waals surface area (Å²) in [5, 5.41) is 17.0. The highest BCUT2D eigenvalue weighted by atomic mass is 32.2. The highest BCUT2D eigenvalue weighted by Gasteiger charge is 2.29. The van der Waals surface area contributed by atoms with E-state index in [2.05, 4.69) is 30.9 Å². The van der Waals surface area contributed by atoms with Gasteiger partial charge in [-0.05, 0) is 38.2 Å². The molecule has 15 heteroatoms. The van der Waals surface area contributed by atoms with Crippen LogP contribution in [0.25, 0.3) is 0 Å². The zero-order valence-electron chi connectivity index (χ0n) is 19.8. The van der Waals surface area contributed by atoms with Crippen molar-refractivity contribution in [3.63, 3.8) is 0 Å². The number of hydrogen-bond donors (Lipinski definition) is 8. The summed E-state index contributed by atoms with van der Waals surface area (Å²) in [5.74, 6) is -2.49. The Morgan fingerprint density at radius 2 is 1.80 bits per heavy atom. The van der Waals surface area contributed by atoms with Crippen LogP contribution in [0.15, 0.2) is 17.5 Å². The van der Waals surface area contributed by atoms with Gasteiger partial charge >= 0.3 is 5.97 Å². The second kappa shape index (κ2) is 15.5. The maximum atomic E-state index is 12.9. The molecule has 11 N–H and O–H groups in total. The first kappa shape index (κ1) is 29.7. The standard InChI is InChI=1S/C20H35N9O5S/c1-11(27-17(31)13(21)5-7-35-2)16(30)28-14(4-3-6-25-20(22)23)18(32)29-15(19(33)34)8-12-9-24-10-26-12/h9-11,13-15H,3-8,21H2,1-2H3,(H,24,26)(H,27,31)(H,28,30)(H,29,32)(H,33,34)(H4,22,23,25). The van der Waals surface area contributed by atoms with Gasteiger partial charge < -0.3 is 43.2 Å². The van der Waals surface area contributed by atoms with E-state index in [1.807, 2.05) is 6.26 Å². The van der Waals surface area contributed by atoms with Gasteiger partial charge in [-0.3, -0.25) is 19.4 Å². The minimum Gasteiger partial charge on any atom is -0.480 e. The fourth-order valence-electron chi connectivity index (χ4n) is 2.92. The molecule has 1 rings (SSSR count). The molecule has 0 fully saturated rings. The third kappa shape index (κ3) is 11.6. The number of H-pyrrole nitrogens is 1.